The minimum absolute atomic E-state index is 0.405. The van der Waals surface area contributed by atoms with Crippen molar-refractivity contribution in [3.63, 3.8) is 0 Å². The van der Waals surface area contributed by atoms with Crippen molar-refractivity contribution in [2.45, 2.75) is 18.9 Å². The van der Waals surface area contributed by atoms with Crippen LogP contribution in [0.3, 0.4) is 0 Å². The van der Waals surface area contributed by atoms with Gasteiger partial charge in [-0.3, -0.25) is 0 Å². The van der Waals surface area contributed by atoms with E-state index in [0.29, 0.717) is 12.0 Å². The van der Waals surface area contributed by atoms with Crippen molar-refractivity contribution in [2.75, 3.05) is 6.54 Å². The lowest BCUT2D eigenvalue weighted by molar-refractivity contribution is -0.693. The van der Waals surface area contributed by atoms with Gasteiger partial charge in [-0.1, -0.05) is 54.6 Å². The molecule has 2 atom stereocenters. The van der Waals surface area contributed by atoms with E-state index >= 15 is 0 Å². The highest BCUT2D eigenvalue weighted by molar-refractivity contribution is 7.10. The average molecular weight is 348 g/mol. The van der Waals surface area contributed by atoms with E-state index in [2.05, 4.69) is 95.5 Å². The summed E-state index contributed by atoms with van der Waals surface area (Å²) < 4.78 is 0. The quantitative estimate of drug-likeness (QED) is 0.507. The fourth-order valence-electron chi connectivity index (χ4n) is 3.50. The number of fused-ring (bicyclic) bond motifs is 1. The third-order valence-corrected chi connectivity index (χ3v) is 5.92. The molecule has 3 heteroatoms. The maximum atomic E-state index is 3.44. The van der Waals surface area contributed by atoms with Gasteiger partial charge in [0.05, 0.1) is 12.5 Å². The van der Waals surface area contributed by atoms with Crippen LogP contribution in [0.1, 0.15) is 34.9 Å². The van der Waals surface area contributed by atoms with E-state index in [1.807, 2.05) is 11.3 Å². The van der Waals surface area contributed by atoms with Gasteiger partial charge in [0.1, 0.15) is 6.04 Å². The monoisotopic (exact) mass is 347 g/mol. The first kappa shape index (κ1) is 16.1. The number of benzene rings is 2. The number of hydrogen-bond acceptors (Lipinski definition) is 1. The summed E-state index contributed by atoms with van der Waals surface area (Å²) in [6.07, 6.45) is 2.19. The molecule has 4 aromatic rings. The third-order valence-electron chi connectivity index (χ3n) is 4.93. The second-order valence-corrected chi connectivity index (χ2v) is 7.51. The number of quaternary nitrogens is 1. The molecule has 0 unspecified atom stereocenters. The Kier molecular flexibility index (Phi) is 4.68. The van der Waals surface area contributed by atoms with E-state index in [4.69, 9.17) is 0 Å². The number of H-pyrrole nitrogens is 1. The summed E-state index contributed by atoms with van der Waals surface area (Å²) in [6, 6.07) is 24.2. The molecule has 0 radical (unpaired) electrons. The standard InChI is InChI=1S/C22H22N2S/c1-16(17-8-3-2-4-9-17)23-15-20(22-12-7-13-25-22)19-14-24-21-11-6-5-10-18(19)21/h2-14,16,20,23-24H,15H2,1H3/p+1/t16-,20-/m0/s1. The number of nitrogens with one attached hydrogen (secondary N) is 1. The van der Waals surface area contributed by atoms with Crippen molar-refractivity contribution in [3.8, 4) is 0 Å². The molecule has 2 aromatic heterocycles. The molecule has 0 saturated carbocycles. The molecule has 126 valence electrons. The summed E-state index contributed by atoms with van der Waals surface area (Å²) in [4.78, 5) is 4.87. The van der Waals surface area contributed by atoms with E-state index < -0.39 is 0 Å². The van der Waals surface area contributed by atoms with Crippen LogP contribution in [0.4, 0.5) is 0 Å². The van der Waals surface area contributed by atoms with Crippen molar-refractivity contribution in [1.29, 1.82) is 0 Å². The normalized spacial score (nSPS) is 13.8. The van der Waals surface area contributed by atoms with E-state index in [-0.39, 0.29) is 0 Å². The van der Waals surface area contributed by atoms with E-state index in [0.717, 1.165) is 6.54 Å². The van der Waals surface area contributed by atoms with E-state index in [9.17, 15) is 0 Å². The maximum absolute atomic E-state index is 3.44. The minimum atomic E-state index is 0.405. The van der Waals surface area contributed by atoms with Crippen LogP contribution in [-0.2, 0) is 0 Å². The second-order valence-electron chi connectivity index (χ2n) is 6.53. The van der Waals surface area contributed by atoms with Crippen LogP contribution >= 0.6 is 11.3 Å². The summed E-state index contributed by atoms with van der Waals surface area (Å²) in [5, 5.41) is 5.97. The van der Waals surface area contributed by atoms with Gasteiger partial charge in [-0.25, -0.2) is 0 Å². The largest absolute Gasteiger partial charge is 0.361 e. The summed E-state index contributed by atoms with van der Waals surface area (Å²) in [5.74, 6) is 0.405. The molecule has 0 bridgehead atoms. The van der Waals surface area contributed by atoms with Gasteiger partial charge >= 0.3 is 0 Å². The predicted octanol–water partition coefficient (Wildman–Crippen LogP) is 4.69. The second kappa shape index (κ2) is 7.26. The van der Waals surface area contributed by atoms with Gasteiger partial charge in [0.2, 0.25) is 0 Å². The third kappa shape index (κ3) is 3.39. The van der Waals surface area contributed by atoms with Crippen LogP contribution in [0.5, 0.6) is 0 Å². The van der Waals surface area contributed by atoms with Crippen LogP contribution in [0.15, 0.2) is 78.3 Å². The van der Waals surface area contributed by atoms with Gasteiger partial charge in [-0.15, -0.1) is 11.3 Å². The Morgan fingerprint density at radius 3 is 2.56 bits per heavy atom. The van der Waals surface area contributed by atoms with Crippen LogP contribution < -0.4 is 5.32 Å². The number of aromatic nitrogens is 1. The van der Waals surface area contributed by atoms with Crippen molar-refractivity contribution < 1.29 is 5.32 Å². The first-order chi connectivity index (χ1) is 12.3. The average Bonchev–Trinajstić information content (AvgIpc) is 3.33. The van der Waals surface area contributed by atoms with Crippen LogP contribution in [0.2, 0.25) is 0 Å². The van der Waals surface area contributed by atoms with Gasteiger partial charge in [-0.05, 0) is 30.0 Å². The Bertz CT molecular complexity index is 925. The van der Waals surface area contributed by atoms with Gasteiger partial charge in [0.15, 0.2) is 0 Å². The molecule has 0 aliphatic rings. The molecule has 0 amide bonds. The van der Waals surface area contributed by atoms with E-state index in [1.54, 1.807) is 0 Å². The zero-order valence-electron chi connectivity index (χ0n) is 14.4. The fraction of sp³-hybridized carbons (Fsp3) is 0.182. The fourth-order valence-corrected chi connectivity index (χ4v) is 4.36. The van der Waals surface area contributed by atoms with Crippen molar-refractivity contribution in [1.82, 2.24) is 4.98 Å². The number of rotatable bonds is 6. The Hall–Kier alpha value is -2.36. The van der Waals surface area contributed by atoms with Crippen molar-refractivity contribution >= 4 is 22.2 Å². The molecule has 0 fully saturated rings. The molecule has 2 nitrogen and oxygen atoms in total. The molecular formula is C22H23N2S+. The molecule has 0 saturated heterocycles. The lowest BCUT2D eigenvalue weighted by Crippen LogP contribution is -2.85. The molecule has 25 heavy (non-hydrogen) atoms. The number of nitrogens with two attached hydrogens (primary N) is 1. The molecule has 2 heterocycles. The number of hydrogen-bond donors (Lipinski definition) is 2. The lowest BCUT2D eigenvalue weighted by Gasteiger charge is -2.17. The molecule has 4 rings (SSSR count). The SMILES string of the molecule is C[C@H]([NH2+]C[C@H](c1cccs1)c1c[nH]c2ccccc12)c1ccccc1. The summed E-state index contributed by atoms with van der Waals surface area (Å²) in [7, 11) is 0. The summed E-state index contributed by atoms with van der Waals surface area (Å²) >= 11 is 1.85. The van der Waals surface area contributed by atoms with Crippen molar-refractivity contribution in [2.24, 2.45) is 0 Å². The molecule has 3 N–H and O–H groups in total. The summed E-state index contributed by atoms with van der Waals surface area (Å²) in [5.41, 5.74) is 4.00. The molecule has 0 spiro atoms. The number of thiophene rings is 1. The minimum Gasteiger partial charge on any atom is -0.361 e. The smallest absolute Gasteiger partial charge is 0.109 e. The first-order valence-corrected chi connectivity index (χ1v) is 9.68. The zero-order valence-corrected chi connectivity index (χ0v) is 15.2. The van der Waals surface area contributed by atoms with Crippen molar-refractivity contribution in [3.05, 3.63) is 94.3 Å². The Balaban J connectivity index is 1.61. The summed E-state index contributed by atoms with van der Waals surface area (Å²) in [6.45, 7) is 3.33. The molecule has 0 aliphatic heterocycles. The van der Waals surface area contributed by atoms with Crippen LogP contribution in [-0.4, -0.2) is 11.5 Å². The van der Waals surface area contributed by atoms with E-state index in [1.165, 1.54) is 26.9 Å². The van der Waals surface area contributed by atoms with Gasteiger partial charge in [0.25, 0.3) is 0 Å². The number of aromatic amines is 1. The van der Waals surface area contributed by atoms with Gasteiger partial charge < -0.3 is 10.3 Å². The van der Waals surface area contributed by atoms with Crippen LogP contribution in [0, 0.1) is 0 Å². The highest BCUT2D eigenvalue weighted by Gasteiger charge is 2.22. The van der Waals surface area contributed by atoms with Gasteiger partial charge in [-0.2, -0.15) is 0 Å². The van der Waals surface area contributed by atoms with Crippen LogP contribution in [0.25, 0.3) is 10.9 Å². The molecule has 0 aliphatic carbocycles. The highest BCUT2D eigenvalue weighted by Crippen LogP contribution is 2.32. The Morgan fingerprint density at radius 1 is 0.960 bits per heavy atom. The maximum Gasteiger partial charge on any atom is 0.109 e. The topological polar surface area (TPSA) is 32.4 Å². The highest BCUT2D eigenvalue weighted by atomic mass is 32.1. The first-order valence-electron chi connectivity index (χ1n) is 8.80. The van der Waals surface area contributed by atoms with Gasteiger partial charge in [0, 0.05) is 27.5 Å². The Morgan fingerprint density at radius 2 is 1.76 bits per heavy atom. The molecule has 2 aromatic carbocycles. The molecular weight excluding hydrogens is 324 g/mol. The number of para-hydroxylation sites is 1. The zero-order chi connectivity index (χ0) is 17.1. The predicted molar refractivity (Wildman–Crippen MR) is 106 cm³/mol. The Labute approximate surface area is 152 Å². The lowest BCUT2D eigenvalue weighted by atomic mass is 9.96.